The first-order chi connectivity index (χ1) is 6.66. The molecule has 14 heavy (non-hydrogen) atoms. The van der Waals surface area contributed by atoms with E-state index < -0.39 is 0 Å². The number of ketones is 1. The smallest absolute Gasteiger partial charge is 0.158 e. The maximum absolute atomic E-state index is 10.9. The molecule has 0 aliphatic carbocycles. The molecule has 2 heterocycles. The van der Waals surface area contributed by atoms with E-state index in [1.807, 2.05) is 6.07 Å². The number of hydrogen-bond acceptors (Lipinski definition) is 3. The molecule has 0 saturated heterocycles. The lowest BCUT2D eigenvalue weighted by molar-refractivity contribution is -0.117. The fourth-order valence-electron chi connectivity index (χ4n) is 1.27. The minimum atomic E-state index is 0.0692. The minimum Gasteiger partial charge on any atom is -0.298 e. The van der Waals surface area contributed by atoms with Crippen molar-refractivity contribution in [3.8, 4) is 0 Å². The van der Waals surface area contributed by atoms with Crippen LogP contribution in [0.15, 0.2) is 22.9 Å². The second-order valence-corrected chi connectivity index (χ2v) is 3.99. The zero-order valence-electron chi connectivity index (χ0n) is 7.57. The van der Waals surface area contributed by atoms with E-state index in [-0.39, 0.29) is 12.3 Å². The summed E-state index contributed by atoms with van der Waals surface area (Å²) in [6, 6.07) is 1.92. The van der Waals surface area contributed by atoms with Crippen LogP contribution in [0, 0.1) is 0 Å². The molecule has 0 radical (unpaired) electrons. The molecule has 0 bridgehead atoms. The summed E-state index contributed by atoms with van der Waals surface area (Å²) < 4.78 is 2.51. The summed E-state index contributed by atoms with van der Waals surface area (Å²) in [5.74, 6) is 0.0692. The van der Waals surface area contributed by atoms with E-state index in [2.05, 4.69) is 26.0 Å². The summed E-state index contributed by atoms with van der Waals surface area (Å²) in [5.41, 5.74) is 0.739. The van der Waals surface area contributed by atoms with Crippen molar-refractivity contribution in [2.24, 2.45) is 0 Å². The SMILES string of the molecule is CC(=O)Cn1ncc2cc(Br)cnc21. The average molecular weight is 254 g/mol. The minimum absolute atomic E-state index is 0.0692. The summed E-state index contributed by atoms with van der Waals surface area (Å²) >= 11 is 3.33. The lowest BCUT2D eigenvalue weighted by Gasteiger charge is -1.98. The molecule has 0 saturated carbocycles. The van der Waals surface area contributed by atoms with Crippen LogP contribution in [0.1, 0.15) is 6.92 Å². The van der Waals surface area contributed by atoms with Gasteiger partial charge in [-0.05, 0) is 28.9 Å². The maximum atomic E-state index is 10.9. The predicted molar refractivity (Wildman–Crippen MR) is 55.9 cm³/mol. The highest BCUT2D eigenvalue weighted by Gasteiger charge is 2.05. The molecule has 0 unspecified atom stereocenters. The first-order valence-corrected chi connectivity index (χ1v) is 4.92. The molecule has 4 nitrogen and oxygen atoms in total. The molecule has 0 amide bonds. The number of fused-ring (bicyclic) bond motifs is 1. The third-order valence-corrected chi connectivity index (χ3v) is 2.25. The van der Waals surface area contributed by atoms with E-state index in [4.69, 9.17) is 0 Å². The Balaban J connectivity index is 2.52. The molecule has 0 atom stereocenters. The van der Waals surface area contributed by atoms with Crippen LogP contribution in [-0.2, 0) is 11.3 Å². The van der Waals surface area contributed by atoms with Gasteiger partial charge in [0.15, 0.2) is 11.4 Å². The van der Waals surface area contributed by atoms with Gasteiger partial charge in [0.1, 0.15) is 6.54 Å². The second-order valence-electron chi connectivity index (χ2n) is 3.07. The summed E-state index contributed by atoms with van der Waals surface area (Å²) in [6.45, 7) is 1.81. The lowest BCUT2D eigenvalue weighted by Crippen LogP contribution is -2.07. The van der Waals surface area contributed by atoms with Crippen LogP contribution in [0.5, 0.6) is 0 Å². The second kappa shape index (κ2) is 3.49. The number of halogens is 1. The van der Waals surface area contributed by atoms with Crippen LogP contribution in [0.25, 0.3) is 11.0 Å². The van der Waals surface area contributed by atoms with Gasteiger partial charge in [-0.15, -0.1) is 0 Å². The predicted octanol–water partition coefficient (Wildman–Crippen LogP) is 1.78. The van der Waals surface area contributed by atoms with Crippen molar-refractivity contribution < 1.29 is 4.79 Å². The van der Waals surface area contributed by atoms with Crippen molar-refractivity contribution in [1.29, 1.82) is 0 Å². The molecule has 72 valence electrons. The monoisotopic (exact) mass is 253 g/mol. The van der Waals surface area contributed by atoms with Gasteiger partial charge in [0, 0.05) is 16.1 Å². The zero-order chi connectivity index (χ0) is 10.1. The summed E-state index contributed by atoms with van der Waals surface area (Å²) in [6.07, 6.45) is 3.40. The summed E-state index contributed by atoms with van der Waals surface area (Å²) in [4.78, 5) is 15.1. The number of nitrogens with zero attached hydrogens (tertiary/aromatic N) is 3. The van der Waals surface area contributed by atoms with E-state index in [0.717, 1.165) is 15.5 Å². The highest BCUT2D eigenvalue weighted by Crippen LogP contribution is 2.16. The van der Waals surface area contributed by atoms with Gasteiger partial charge in [-0.1, -0.05) is 0 Å². The Morgan fingerprint density at radius 1 is 1.57 bits per heavy atom. The standard InChI is InChI=1S/C9H8BrN3O/c1-6(14)5-13-9-7(3-12-13)2-8(10)4-11-9/h2-4H,5H2,1H3. The number of Topliss-reactive ketones (excluding diaryl/α,β-unsaturated/α-hetero) is 1. The molecule has 2 aromatic rings. The molecule has 2 aromatic heterocycles. The third kappa shape index (κ3) is 1.68. The molecule has 0 aliphatic heterocycles. The Morgan fingerprint density at radius 2 is 2.36 bits per heavy atom. The van der Waals surface area contributed by atoms with Gasteiger partial charge in [-0.25, -0.2) is 9.67 Å². The van der Waals surface area contributed by atoms with E-state index >= 15 is 0 Å². The van der Waals surface area contributed by atoms with Crippen molar-refractivity contribution in [3.05, 3.63) is 22.9 Å². The normalized spacial score (nSPS) is 10.7. The van der Waals surface area contributed by atoms with Crippen LogP contribution in [0.3, 0.4) is 0 Å². The van der Waals surface area contributed by atoms with E-state index in [0.29, 0.717) is 0 Å². The van der Waals surface area contributed by atoms with Crippen LogP contribution in [-0.4, -0.2) is 20.5 Å². The average Bonchev–Trinajstić information content (AvgIpc) is 2.47. The molecule has 0 aliphatic rings. The Morgan fingerprint density at radius 3 is 3.07 bits per heavy atom. The van der Waals surface area contributed by atoms with E-state index in [9.17, 15) is 4.79 Å². The third-order valence-electron chi connectivity index (χ3n) is 1.81. The molecular formula is C9H8BrN3O. The zero-order valence-corrected chi connectivity index (χ0v) is 9.15. The number of carbonyl (C=O) groups excluding carboxylic acids is 1. The maximum Gasteiger partial charge on any atom is 0.158 e. The number of carbonyl (C=O) groups is 1. The van der Waals surface area contributed by atoms with E-state index in [1.165, 1.54) is 6.92 Å². The molecule has 0 N–H and O–H groups in total. The Kier molecular flexibility index (Phi) is 2.33. The first-order valence-electron chi connectivity index (χ1n) is 4.13. The topological polar surface area (TPSA) is 47.8 Å². The highest BCUT2D eigenvalue weighted by atomic mass is 79.9. The number of aromatic nitrogens is 3. The first kappa shape index (κ1) is 9.33. The molecule has 2 rings (SSSR count). The largest absolute Gasteiger partial charge is 0.298 e. The highest BCUT2D eigenvalue weighted by molar-refractivity contribution is 9.10. The van der Waals surface area contributed by atoms with Gasteiger partial charge < -0.3 is 0 Å². The summed E-state index contributed by atoms with van der Waals surface area (Å²) in [7, 11) is 0. The van der Waals surface area contributed by atoms with E-state index in [1.54, 1.807) is 17.1 Å². The van der Waals surface area contributed by atoms with Gasteiger partial charge in [0.25, 0.3) is 0 Å². The molecule has 0 aromatic carbocycles. The molecular weight excluding hydrogens is 246 g/mol. The fraction of sp³-hybridized carbons (Fsp3) is 0.222. The van der Waals surface area contributed by atoms with Crippen molar-refractivity contribution >= 4 is 32.7 Å². The van der Waals surface area contributed by atoms with Gasteiger partial charge >= 0.3 is 0 Å². The Bertz CT molecular complexity index is 492. The Hall–Kier alpha value is -1.23. The number of hydrogen-bond donors (Lipinski definition) is 0. The molecule has 0 spiro atoms. The van der Waals surface area contributed by atoms with Crippen molar-refractivity contribution in [3.63, 3.8) is 0 Å². The van der Waals surface area contributed by atoms with Crippen LogP contribution in [0.4, 0.5) is 0 Å². The van der Waals surface area contributed by atoms with Gasteiger partial charge in [0.2, 0.25) is 0 Å². The van der Waals surface area contributed by atoms with Gasteiger partial charge in [-0.2, -0.15) is 5.10 Å². The van der Waals surface area contributed by atoms with Crippen molar-refractivity contribution in [2.75, 3.05) is 0 Å². The summed E-state index contributed by atoms with van der Waals surface area (Å²) in [5, 5.41) is 5.02. The van der Waals surface area contributed by atoms with Crippen LogP contribution >= 0.6 is 15.9 Å². The van der Waals surface area contributed by atoms with Crippen molar-refractivity contribution in [1.82, 2.24) is 14.8 Å². The number of rotatable bonds is 2. The lowest BCUT2D eigenvalue weighted by atomic mass is 10.3. The van der Waals surface area contributed by atoms with Gasteiger partial charge in [-0.3, -0.25) is 4.79 Å². The quantitative estimate of drug-likeness (QED) is 0.820. The van der Waals surface area contributed by atoms with Crippen LogP contribution < -0.4 is 0 Å². The fourth-order valence-corrected chi connectivity index (χ4v) is 1.62. The van der Waals surface area contributed by atoms with Gasteiger partial charge in [0.05, 0.1) is 6.20 Å². The number of pyridine rings is 1. The Labute approximate surface area is 89.1 Å². The van der Waals surface area contributed by atoms with Crippen molar-refractivity contribution in [2.45, 2.75) is 13.5 Å². The molecule has 0 fully saturated rings. The molecule has 5 heteroatoms. The van der Waals surface area contributed by atoms with Crippen LogP contribution in [0.2, 0.25) is 0 Å².